The molecule has 7 nitrogen and oxygen atoms in total. The van der Waals surface area contributed by atoms with Gasteiger partial charge in [-0.1, -0.05) is 25.1 Å². The van der Waals surface area contributed by atoms with Crippen LogP contribution >= 0.6 is 24.0 Å². The minimum absolute atomic E-state index is 0. The highest BCUT2D eigenvalue weighted by molar-refractivity contribution is 14.0. The molecule has 8 heteroatoms. The maximum absolute atomic E-state index is 5.56. The van der Waals surface area contributed by atoms with Gasteiger partial charge in [0.1, 0.15) is 0 Å². The molecule has 0 amide bonds. The first-order chi connectivity index (χ1) is 13.2. The lowest BCUT2D eigenvalue weighted by molar-refractivity contribution is 0.323. The van der Waals surface area contributed by atoms with E-state index in [9.17, 15) is 0 Å². The number of hydrogen-bond donors (Lipinski definition) is 2. The lowest BCUT2D eigenvalue weighted by Crippen LogP contribution is -2.36. The van der Waals surface area contributed by atoms with E-state index in [0.29, 0.717) is 37.5 Å². The number of nitrogens with one attached hydrogen (secondary N) is 2. The second-order valence-electron chi connectivity index (χ2n) is 6.18. The zero-order chi connectivity index (χ0) is 19.5. The van der Waals surface area contributed by atoms with Crippen LogP contribution in [0.3, 0.4) is 0 Å². The predicted octanol–water partition coefficient (Wildman–Crippen LogP) is 4.25. The number of guanidine groups is 1. The molecule has 0 atom stereocenters. The molecule has 0 unspecified atom stereocenters. The summed E-state index contributed by atoms with van der Waals surface area (Å²) in [6.07, 6.45) is 3.85. The standard InChI is InChI=1S/C20H31N5O2.HI/c1-5-15(6-2)18-12-17(27-25-18)14-24-20(21-7-3)23-13-16-10-9-11-22-19(16)26-8-4;/h9-12,15H,5-8,13-14H2,1-4H3,(H2,21,23,24);1H. The van der Waals surface area contributed by atoms with Crippen LogP contribution in [-0.4, -0.2) is 29.3 Å². The van der Waals surface area contributed by atoms with Crippen LogP contribution in [-0.2, 0) is 13.1 Å². The van der Waals surface area contributed by atoms with Crippen molar-refractivity contribution in [1.82, 2.24) is 20.8 Å². The molecule has 2 heterocycles. The first-order valence-corrected chi connectivity index (χ1v) is 9.76. The molecule has 0 fully saturated rings. The van der Waals surface area contributed by atoms with Gasteiger partial charge in [-0.2, -0.15) is 0 Å². The second-order valence-corrected chi connectivity index (χ2v) is 6.18. The average Bonchev–Trinajstić information content (AvgIpc) is 3.15. The van der Waals surface area contributed by atoms with Crippen molar-refractivity contribution in [3.8, 4) is 5.88 Å². The number of rotatable bonds is 10. The van der Waals surface area contributed by atoms with E-state index in [2.05, 4.69) is 39.6 Å². The number of ether oxygens (including phenoxy) is 1. The van der Waals surface area contributed by atoms with E-state index in [1.807, 2.05) is 32.0 Å². The van der Waals surface area contributed by atoms with E-state index < -0.39 is 0 Å². The Kier molecular flexibility index (Phi) is 11.5. The van der Waals surface area contributed by atoms with Crippen molar-refractivity contribution in [1.29, 1.82) is 0 Å². The van der Waals surface area contributed by atoms with Crippen molar-refractivity contribution in [3.05, 3.63) is 41.4 Å². The summed E-state index contributed by atoms with van der Waals surface area (Å²) in [5.41, 5.74) is 1.97. The van der Waals surface area contributed by atoms with Gasteiger partial charge in [0, 0.05) is 30.3 Å². The SMILES string of the molecule is CCNC(=NCc1cccnc1OCC)NCc1cc(C(CC)CC)no1.I. The smallest absolute Gasteiger partial charge is 0.218 e. The van der Waals surface area contributed by atoms with Crippen molar-refractivity contribution in [2.75, 3.05) is 13.2 Å². The fourth-order valence-electron chi connectivity index (χ4n) is 2.80. The Balaban J connectivity index is 0.00000392. The van der Waals surface area contributed by atoms with Gasteiger partial charge in [0.2, 0.25) is 5.88 Å². The molecule has 0 spiro atoms. The average molecular weight is 501 g/mol. The third-order valence-corrected chi connectivity index (χ3v) is 4.29. The monoisotopic (exact) mass is 501 g/mol. The first kappa shape index (κ1) is 24.2. The number of aliphatic imine (C=N–C) groups is 1. The number of hydrogen-bond acceptors (Lipinski definition) is 5. The predicted molar refractivity (Wildman–Crippen MR) is 122 cm³/mol. The van der Waals surface area contributed by atoms with Crippen molar-refractivity contribution in [3.63, 3.8) is 0 Å². The van der Waals surface area contributed by atoms with Crippen molar-refractivity contribution < 1.29 is 9.26 Å². The van der Waals surface area contributed by atoms with Crippen molar-refractivity contribution >= 4 is 29.9 Å². The van der Waals surface area contributed by atoms with E-state index in [1.165, 1.54) is 0 Å². The van der Waals surface area contributed by atoms with E-state index in [-0.39, 0.29) is 24.0 Å². The quantitative estimate of drug-likeness (QED) is 0.288. The largest absolute Gasteiger partial charge is 0.478 e. The molecule has 156 valence electrons. The zero-order valence-corrected chi connectivity index (χ0v) is 19.5. The molecule has 2 N–H and O–H groups in total. The summed E-state index contributed by atoms with van der Waals surface area (Å²) < 4.78 is 11.0. The van der Waals surface area contributed by atoms with Crippen LogP contribution in [0, 0.1) is 0 Å². The van der Waals surface area contributed by atoms with Crippen molar-refractivity contribution in [2.24, 2.45) is 4.99 Å². The molecular formula is C20H32IN5O2. The van der Waals surface area contributed by atoms with Crippen LogP contribution < -0.4 is 15.4 Å². The summed E-state index contributed by atoms with van der Waals surface area (Å²) in [4.78, 5) is 8.89. The van der Waals surface area contributed by atoms with Gasteiger partial charge in [-0.15, -0.1) is 24.0 Å². The number of nitrogens with zero attached hydrogens (tertiary/aromatic N) is 3. The Morgan fingerprint density at radius 2 is 2.00 bits per heavy atom. The maximum atomic E-state index is 5.56. The van der Waals surface area contributed by atoms with Gasteiger partial charge >= 0.3 is 0 Å². The highest BCUT2D eigenvalue weighted by Crippen LogP contribution is 2.22. The molecule has 0 aromatic carbocycles. The van der Waals surface area contributed by atoms with Gasteiger partial charge in [0.15, 0.2) is 11.7 Å². The van der Waals surface area contributed by atoms with Gasteiger partial charge in [0.25, 0.3) is 0 Å². The summed E-state index contributed by atoms with van der Waals surface area (Å²) in [6.45, 7) is 10.7. The van der Waals surface area contributed by atoms with Gasteiger partial charge in [-0.3, -0.25) is 0 Å². The summed E-state index contributed by atoms with van der Waals surface area (Å²) in [5, 5.41) is 10.7. The summed E-state index contributed by atoms with van der Waals surface area (Å²) in [5.74, 6) is 2.60. The van der Waals surface area contributed by atoms with Crippen LogP contribution in [0.25, 0.3) is 0 Å². The van der Waals surface area contributed by atoms with Crippen molar-refractivity contribution in [2.45, 2.75) is 59.5 Å². The normalized spacial score (nSPS) is 11.2. The molecule has 2 rings (SSSR count). The molecule has 0 aliphatic rings. The second kappa shape index (κ2) is 13.4. The number of halogens is 1. The van der Waals surface area contributed by atoms with Crippen LogP contribution in [0.5, 0.6) is 5.88 Å². The number of aromatic nitrogens is 2. The summed E-state index contributed by atoms with van der Waals surface area (Å²) >= 11 is 0. The molecule has 2 aromatic heterocycles. The van der Waals surface area contributed by atoms with Gasteiger partial charge in [-0.05, 0) is 32.8 Å². The molecule has 0 bridgehead atoms. The lowest BCUT2D eigenvalue weighted by atomic mass is 9.99. The summed E-state index contributed by atoms with van der Waals surface area (Å²) in [7, 11) is 0. The Hall–Kier alpha value is -1.84. The Bertz CT molecular complexity index is 716. The van der Waals surface area contributed by atoms with Crippen LogP contribution in [0.4, 0.5) is 0 Å². The first-order valence-electron chi connectivity index (χ1n) is 9.76. The van der Waals surface area contributed by atoms with E-state index in [0.717, 1.165) is 36.4 Å². The topological polar surface area (TPSA) is 84.6 Å². The fraction of sp³-hybridized carbons (Fsp3) is 0.550. The molecule has 2 aromatic rings. The molecular weight excluding hydrogens is 469 g/mol. The highest BCUT2D eigenvalue weighted by Gasteiger charge is 2.13. The minimum Gasteiger partial charge on any atom is -0.478 e. The van der Waals surface area contributed by atoms with Gasteiger partial charge in [0.05, 0.1) is 25.4 Å². The van der Waals surface area contributed by atoms with Crippen LogP contribution in [0.2, 0.25) is 0 Å². The zero-order valence-electron chi connectivity index (χ0n) is 17.2. The highest BCUT2D eigenvalue weighted by atomic mass is 127. The minimum atomic E-state index is 0. The molecule has 0 radical (unpaired) electrons. The Morgan fingerprint density at radius 3 is 2.68 bits per heavy atom. The Morgan fingerprint density at radius 1 is 1.21 bits per heavy atom. The molecule has 0 saturated heterocycles. The molecule has 0 aliphatic heterocycles. The fourth-order valence-corrected chi connectivity index (χ4v) is 2.80. The molecule has 0 saturated carbocycles. The third-order valence-electron chi connectivity index (χ3n) is 4.29. The van der Waals surface area contributed by atoms with E-state index in [1.54, 1.807) is 6.20 Å². The molecule has 28 heavy (non-hydrogen) atoms. The van der Waals surface area contributed by atoms with Crippen LogP contribution in [0.1, 0.15) is 63.5 Å². The summed E-state index contributed by atoms with van der Waals surface area (Å²) in [6, 6.07) is 5.90. The van der Waals surface area contributed by atoms with Gasteiger partial charge in [-0.25, -0.2) is 9.98 Å². The van der Waals surface area contributed by atoms with Gasteiger partial charge < -0.3 is 19.9 Å². The van der Waals surface area contributed by atoms with E-state index in [4.69, 9.17) is 9.26 Å². The van der Waals surface area contributed by atoms with Crippen LogP contribution in [0.15, 0.2) is 33.9 Å². The lowest BCUT2D eigenvalue weighted by Gasteiger charge is -2.11. The Labute approximate surface area is 184 Å². The molecule has 0 aliphatic carbocycles. The van der Waals surface area contributed by atoms with E-state index >= 15 is 0 Å². The third kappa shape index (κ3) is 7.29. The maximum Gasteiger partial charge on any atom is 0.218 e. The number of pyridine rings is 1.